The van der Waals surface area contributed by atoms with Gasteiger partial charge in [0.25, 0.3) is 0 Å². The smallest absolute Gasteiger partial charge is 0.0763 e. The number of aliphatic hydroxyl groups is 1. The summed E-state index contributed by atoms with van der Waals surface area (Å²) in [5.74, 6) is 0.204. The van der Waals surface area contributed by atoms with E-state index >= 15 is 0 Å². The minimum absolute atomic E-state index is 0.204. The molecule has 2 aromatic heterocycles. The molecule has 0 radical (unpaired) electrons. The van der Waals surface area contributed by atoms with Crippen LogP contribution < -0.4 is 4.90 Å². The van der Waals surface area contributed by atoms with E-state index in [9.17, 15) is 5.11 Å². The van der Waals surface area contributed by atoms with Gasteiger partial charge in [0.15, 0.2) is 0 Å². The summed E-state index contributed by atoms with van der Waals surface area (Å²) in [5, 5.41) is 12.2. The number of aromatic nitrogens is 2. The third-order valence-electron chi connectivity index (χ3n) is 4.68. The third-order valence-corrected chi connectivity index (χ3v) is 4.91. The Balaban J connectivity index is 1.61. The Bertz CT molecular complexity index is 856. The van der Waals surface area contributed by atoms with Crippen molar-refractivity contribution < 1.29 is 5.11 Å². The average Bonchev–Trinajstić information content (AvgIpc) is 2.96. The van der Waals surface area contributed by atoms with Crippen LogP contribution in [0, 0.1) is 5.92 Å². The van der Waals surface area contributed by atoms with Crippen molar-refractivity contribution in [3.63, 3.8) is 0 Å². The summed E-state index contributed by atoms with van der Waals surface area (Å²) >= 11 is 6.16. The molecule has 0 spiro atoms. The Morgan fingerprint density at radius 1 is 1.08 bits per heavy atom. The molecule has 3 aromatic rings. The minimum atomic E-state index is -0.347. The van der Waals surface area contributed by atoms with Crippen LogP contribution in [0.5, 0.6) is 0 Å². The lowest BCUT2D eigenvalue weighted by Gasteiger charge is -2.20. The van der Waals surface area contributed by atoms with Crippen molar-refractivity contribution in [2.24, 2.45) is 5.92 Å². The monoisotopic (exact) mass is 339 g/mol. The highest BCUT2D eigenvalue weighted by Crippen LogP contribution is 2.32. The lowest BCUT2D eigenvalue weighted by atomic mass is 9.97. The normalized spacial score (nSPS) is 20.7. The van der Waals surface area contributed by atoms with E-state index in [-0.39, 0.29) is 12.0 Å². The maximum absolute atomic E-state index is 10.5. The molecule has 0 bridgehead atoms. The van der Waals surface area contributed by atoms with E-state index in [1.54, 1.807) is 12.4 Å². The zero-order valence-electron chi connectivity index (χ0n) is 13.1. The molecule has 0 saturated carbocycles. The van der Waals surface area contributed by atoms with Gasteiger partial charge in [-0.1, -0.05) is 11.6 Å². The number of aliphatic hydroxyl groups excluding tert-OH is 1. The first-order chi connectivity index (χ1) is 11.7. The van der Waals surface area contributed by atoms with Crippen LogP contribution in [0.25, 0.3) is 10.9 Å². The van der Waals surface area contributed by atoms with Gasteiger partial charge in [0.2, 0.25) is 0 Å². The summed E-state index contributed by atoms with van der Waals surface area (Å²) in [5.41, 5.74) is 3.21. The van der Waals surface area contributed by atoms with E-state index in [1.165, 1.54) is 5.56 Å². The van der Waals surface area contributed by atoms with E-state index in [0.717, 1.165) is 29.6 Å². The van der Waals surface area contributed by atoms with Gasteiger partial charge in [0.05, 0.1) is 11.6 Å². The number of pyridine rings is 2. The number of hydrogen-bond donors (Lipinski definition) is 1. The van der Waals surface area contributed by atoms with E-state index in [2.05, 4.69) is 14.9 Å². The molecule has 2 atom stereocenters. The fourth-order valence-electron chi connectivity index (χ4n) is 3.45. The molecule has 5 heteroatoms. The predicted octanol–water partition coefficient (Wildman–Crippen LogP) is 3.32. The molecule has 1 aromatic carbocycles. The molecule has 24 heavy (non-hydrogen) atoms. The van der Waals surface area contributed by atoms with Crippen LogP contribution in [0.1, 0.15) is 5.56 Å². The van der Waals surface area contributed by atoms with Crippen molar-refractivity contribution in [2.75, 3.05) is 18.0 Å². The van der Waals surface area contributed by atoms with Crippen LogP contribution in [0.2, 0.25) is 5.02 Å². The van der Waals surface area contributed by atoms with Crippen molar-refractivity contribution in [2.45, 2.75) is 12.5 Å². The Labute approximate surface area is 145 Å². The summed E-state index contributed by atoms with van der Waals surface area (Å²) in [6.07, 6.45) is 5.91. The molecule has 1 saturated heterocycles. The first-order valence-electron chi connectivity index (χ1n) is 8.07. The van der Waals surface area contributed by atoms with Gasteiger partial charge < -0.3 is 10.0 Å². The SMILES string of the molecule is O[C@@H]1CN(c2ccnc3ccc(Cl)cc23)C[C@H]1Cc1ccncc1. The molecule has 0 unspecified atom stereocenters. The molecule has 4 rings (SSSR count). The number of benzene rings is 1. The predicted molar refractivity (Wildman–Crippen MR) is 96.4 cm³/mol. The van der Waals surface area contributed by atoms with Gasteiger partial charge >= 0.3 is 0 Å². The molecule has 1 aliphatic heterocycles. The van der Waals surface area contributed by atoms with Crippen molar-refractivity contribution >= 4 is 28.2 Å². The first-order valence-corrected chi connectivity index (χ1v) is 8.45. The highest BCUT2D eigenvalue weighted by molar-refractivity contribution is 6.31. The van der Waals surface area contributed by atoms with Gasteiger partial charge in [-0.3, -0.25) is 9.97 Å². The summed E-state index contributed by atoms with van der Waals surface area (Å²) < 4.78 is 0. The number of nitrogens with zero attached hydrogens (tertiary/aromatic N) is 3. The second-order valence-corrected chi connectivity index (χ2v) is 6.72. The molecule has 0 aliphatic carbocycles. The van der Waals surface area contributed by atoms with Crippen LogP contribution in [0.4, 0.5) is 5.69 Å². The van der Waals surface area contributed by atoms with Crippen LogP contribution in [0.3, 0.4) is 0 Å². The van der Waals surface area contributed by atoms with Crippen LogP contribution in [-0.2, 0) is 6.42 Å². The molecule has 1 aliphatic rings. The summed E-state index contributed by atoms with van der Waals surface area (Å²) in [6.45, 7) is 1.44. The average molecular weight is 340 g/mol. The van der Waals surface area contributed by atoms with E-state index in [0.29, 0.717) is 11.6 Å². The van der Waals surface area contributed by atoms with E-state index in [1.807, 2.05) is 42.6 Å². The van der Waals surface area contributed by atoms with Crippen LogP contribution >= 0.6 is 11.6 Å². The first kappa shape index (κ1) is 15.4. The largest absolute Gasteiger partial charge is 0.391 e. The standard InChI is InChI=1S/C19H18ClN3O/c20-15-1-2-17-16(10-15)18(5-8-22-17)23-11-14(19(24)12-23)9-13-3-6-21-7-4-13/h1-8,10,14,19,24H,9,11-12H2/t14-,19-/m1/s1. The zero-order chi connectivity index (χ0) is 16.5. The van der Waals surface area contributed by atoms with Crippen molar-refractivity contribution in [3.8, 4) is 0 Å². The number of anilines is 1. The number of halogens is 1. The van der Waals surface area contributed by atoms with Gasteiger partial charge in [-0.05, 0) is 48.4 Å². The minimum Gasteiger partial charge on any atom is -0.391 e. The van der Waals surface area contributed by atoms with Gasteiger partial charge in [-0.2, -0.15) is 0 Å². The molecule has 1 N–H and O–H groups in total. The van der Waals surface area contributed by atoms with E-state index in [4.69, 9.17) is 11.6 Å². The van der Waals surface area contributed by atoms with Crippen molar-refractivity contribution in [1.29, 1.82) is 0 Å². The molecule has 1 fully saturated rings. The molecule has 0 amide bonds. The second-order valence-electron chi connectivity index (χ2n) is 6.28. The van der Waals surface area contributed by atoms with Gasteiger partial charge in [0, 0.05) is 53.7 Å². The van der Waals surface area contributed by atoms with Crippen LogP contribution in [-0.4, -0.2) is 34.3 Å². The van der Waals surface area contributed by atoms with Gasteiger partial charge in [-0.25, -0.2) is 0 Å². The number of fused-ring (bicyclic) bond motifs is 1. The molecular weight excluding hydrogens is 322 g/mol. The fourth-order valence-corrected chi connectivity index (χ4v) is 3.62. The Hall–Kier alpha value is -2.17. The number of β-amino-alcohol motifs (C(OH)–C–C–N with tert-alkyl or cyclic N) is 1. The van der Waals surface area contributed by atoms with Crippen LogP contribution in [0.15, 0.2) is 55.0 Å². The maximum atomic E-state index is 10.5. The number of hydrogen-bond acceptors (Lipinski definition) is 4. The van der Waals surface area contributed by atoms with Crippen molar-refractivity contribution in [1.82, 2.24) is 9.97 Å². The Morgan fingerprint density at radius 3 is 2.75 bits per heavy atom. The quantitative estimate of drug-likeness (QED) is 0.795. The highest BCUT2D eigenvalue weighted by Gasteiger charge is 2.32. The van der Waals surface area contributed by atoms with Gasteiger partial charge in [-0.15, -0.1) is 0 Å². The molecule has 4 nitrogen and oxygen atoms in total. The lowest BCUT2D eigenvalue weighted by Crippen LogP contribution is -2.21. The van der Waals surface area contributed by atoms with Gasteiger partial charge in [0.1, 0.15) is 0 Å². The Morgan fingerprint density at radius 2 is 1.92 bits per heavy atom. The Kier molecular flexibility index (Phi) is 4.08. The third kappa shape index (κ3) is 2.95. The summed E-state index contributed by atoms with van der Waals surface area (Å²) in [6, 6.07) is 11.8. The number of rotatable bonds is 3. The second kappa shape index (κ2) is 6.38. The molecule has 122 valence electrons. The topological polar surface area (TPSA) is 49.2 Å². The molecular formula is C19H18ClN3O. The highest BCUT2D eigenvalue weighted by atomic mass is 35.5. The lowest BCUT2D eigenvalue weighted by molar-refractivity contribution is 0.148. The fraction of sp³-hybridized carbons (Fsp3) is 0.263. The molecule has 3 heterocycles. The maximum Gasteiger partial charge on any atom is 0.0763 e. The summed E-state index contributed by atoms with van der Waals surface area (Å²) in [4.78, 5) is 10.7. The van der Waals surface area contributed by atoms with E-state index < -0.39 is 0 Å². The van der Waals surface area contributed by atoms with Crippen molar-refractivity contribution in [3.05, 3.63) is 65.6 Å². The zero-order valence-corrected chi connectivity index (χ0v) is 13.9. The summed E-state index contributed by atoms with van der Waals surface area (Å²) in [7, 11) is 0.